The summed E-state index contributed by atoms with van der Waals surface area (Å²) >= 11 is 0. The van der Waals surface area contributed by atoms with E-state index in [9.17, 15) is 19.7 Å². The van der Waals surface area contributed by atoms with Gasteiger partial charge < -0.3 is 20.3 Å². The Bertz CT molecular complexity index is 985. The molecule has 33 heavy (non-hydrogen) atoms. The Hall–Kier alpha value is -3.46. The van der Waals surface area contributed by atoms with E-state index in [0.29, 0.717) is 42.3 Å². The van der Waals surface area contributed by atoms with Crippen LogP contribution in [0.2, 0.25) is 0 Å². The number of rotatable bonds is 9. The van der Waals surface area contributed by atoms with Gasteiger partial charge in [-0.2, -0.15) is 0 Å². The highest BCUT2D eigenvalue weighted by molar-refractivity contribution is 6.06. The van der Waals surface area contributed by atoms with E-state index in [2.05, 4.69) is 22.5 Å². The first kappa shape index (κ1) is 24.2. The molecule has 2 N–H and O–H groups in total. The number of methoxy groups -OCH3 is 1. The minimum absolute atomic E-state index is 0.0841. The Morgan fingerprint density at radius 3 is 2.45 bits per heavy atom. The van der Waals surface area contributed by atoms with Crippen LogP contribution in [0, 0.1) is 16.0 Å². The fourth-order valence-electron chi connectivity index (χ4n) is 3.77. The van der Waals surface area contributed by atoms with E-state index in [1.165, 1.54) is 24.3 Å². The molecule has 1 aliphatic heterocycles. The number of amides is 2. The van der Waals surface area contributed by atoms with Crippen LogP contribution in [0.5, 0.6) is 0 Å². The molecule has 2 aromatic carbocycles. The monoisotopic (exact) mass is 454 g/mol. The molecule has 1 aliphatic rings. The molecule has 176 valence electrons. The molecule has 0 aromatic heterocycles. The summed E-state index contributed by atoms with van der Waals surface area (Å²) in [6.45, 7) is 5.03. The summed E-state index contributed by atoms with van der Waals surface area (Å²) in [6, 6.07) is 10.7. The zero-order valence-electron chi connectivity index (χ0n) is 19.0. The van der Waals surface area contributed by atoms with E-state index < -0.39 is 10.8 Å². The van der Waals surface area contributed by atoms with Crippen LogP contribution in [0.3, 0.4) is 0 Å². The van der Waals surface area contributed by atoms with Crippen LogP contribution in [0.4, 0.5) is 17.1 Å². The molecule has 2 aromatic rings. The first-order chi connectivity index (χ1) is 15.9. The van der Waals surface area contributed by atoms with Gasteiger partial charge in [0, 0.05) is 62.4 Å². The van der Waals surface area contributed by atoms with Crippen LogP contribution < -0.4 is 15.5 Å². The van der Waals surface area contributed by atoms with Crippen molar-refractivity contribution in [3.8, 4) is 0 Å². The highest BCUT2D eigenvalue weighted by atomic mass is 16.6. The Morgan fingerprint density at radius 2 is 1.82 bits per heavy atom. The molecule has 3 rings (SSSR count). The highest BCUT2D eigenvalue weighted by Crippen LogP contribution is 2.29. The van der Waals surface area contributed by atoms with Crippen molar-refractivity contribution < 1.29 is 19.2 Å². The molecule has 9 nitrogen and oxygen atoms in total. The van der Waals surface area contributed by atoms with E-state index in [1.54, 1.807) is 19.2 Å². The third-order valence-electron chi connectivity index (χ3n) is 5.77. The molecule has 9 heteroatoms. The molecule has 0 radical (unpaired) electrons. The minimum Gasteiger partial charge on any atom is -0.385 e. The van der Waals surface area contributed by atoms with E-state index in [0.717, 1.165) is 31.6 Å². The van der Waals surface area contributed by atoms with Crippen molar-refractivity contribution in [1.82, 2.24) is 5.32 Å². The number of nitrogens with one attached hydrogen (secondary N) is 2. The van der Waals surface area contributed by atoms with Crippen LogP contribution in [0.15, 0.2) is 42.5 Å². The van der Waals surface area contributed by atoms with Gasteiger partial charge in [-0.15, -0.1) is 0 Å². The maximum Gasteiger partial charge on any atom is 0.269 e. The number of carbonyl (C=O) groups is 2. The van der Waals surface area contributed by atoms with Crippen molar-refractivity contribution in [2.24, 2.45) is 5.92 Å². The van der Waals surface area contributed by atoms with Crippen LogP contribution in [-0.4, -0.2) is 50.1 Å². The van der Waals surface area contributed by atoms with Crippen molar-refractivity contribution >= 4 is 28.9 Å². The molecule has 1 fully saturated rings. The summed E-state index contributed by atoms with van der Waals surface area (Å²) in [5.41, 5.74) is 2.04. The van der Waals surface area contributed by atoms with Gasteiger partial charge in [0.2, 0.25) is 0 Å². The topological polar surface area (TPSA) is 114 Å². The molecular weight excluding hydrogens is 424 g/mol. The Balaban J connectivity index is 1.79. The van der Waals surface area contributed by atoms with Gasteiger partial charge in [-0.1, -0.05) is 6.92 Å². The molecule has 0 spiro atoms. The number of ether oxygens (including phenoxy) is 1. The van der Waals surface area contributed by atoms with E-state index in [1.807, 2.05) is 6.07 Å². The van der Waals surface area contributed by atoms with Crippen molar-refractivity contribution in [2.75, 3.05) is 43.6 Å². The van der Waals surface area contributed by atoms with Gasteiger partial charge in [0.15, 0.2) is 0 Å². The van der Waals surface area contributed by atoms with Gasteiger partial charge in [0.25, 0.3) is 17.5 Å². The van der Waals surface area contributed by atoms with Crippen LogP contribution in [-0.2, 0) is 4.74 Å². The van der Waals surface area contributed by atoms with Crippen LogP contribution >= 0.6 is 0 Å². The maximum atomic E-state index is 13.0. The lowest BCUT2D eigenvalue weighted by molar-refractivity contribution is -0.384. The van der Waals surface area contributed by atoms with E-state index in [4.69, 9.17) is 4.74 Å². The summed E-state index contributed by atoms with van der Waals surface area (Å²) in [4.78, 5) is 38.1. The highest BCUT2D eigenvalue weighted by Gasteiger charge is 2.22. The van der Waals surface area contributed by atoms with Crippen molar-refractivity contribution in [1.29, 1.82) is 0 Å². The fraction of sp³-hybridized carbons (Fsp3) is 0.417. The van der Waals surface area contributed by atoms with Gasteiger partial charge >= 0.3 is 0 Å². The lowest BCUT2D eigenvalue weighted by Gasteiger charge is -2.33. The third kappa shape index (κ3) is 6.52. The second-order valence-electron chi connectivity index (χ2n) is 8.26. The van der Waals surface area contributed by atoms with Crippen molar-refractivity contribution in [3.05, 3.63) is 63.7 Å². The Labute approximate surface area is 193 Å². The summed E-state index contributed by atoms with van der Waals surface area (Å²) in [5.74, 6) is 0.0508. The first-order valence-corrected chi connectivity index (χ1v) is 11.1. The molecule has 0 bridgehead atoms. The molecule has 0 atom stereocenters. The smallest absolute Gasteiger partial charge is 0.269 e. The van der Waals surface area contributed by atoms with Crippen LogP contribution in [0.1, 0.15) is 46.9 Å². The predicted octanol–water partition coefficient (Wildman–Crippen LogP) is 3.85. The van der Waals surface area contributed by atoms with Crippen molar-refractivity contribution in [2.45, 2.75) is 26.2 Å². The lowest BCUT2D eigenvalue weighted by atomic mass is 9.97. The molecule has 1 heterocycles. The largest absolute Gasteiger partial charge is 0.385 e. The molecule has 2 amide bonds. The molecule has 0 aliphatic carbocycles. The number of hydrogen-bond donors (Lipinski definition) is 2. The van der Waals surface area contributed by atoms with Gasteiger partial charge in [0.1, 0.15) is 0 Å². The van der Waals surface area contributed by atoms with E-state index in [-0.39, 0.29) is 11.6 Å². The van der Waals surface area contributed by atoms with Gasteiger partial charge in [-0.3, -0.25) is 19.7 Å². The number of non-ortho nitro benzene ring substituents is 1. The van der Waals surface area contributed by atoms with Crippen LogP contribution in [0.25, 0.3) is 0 Å². The van der Waals surface area contributed by atoms with Gasteiger partial charge in [-0.25, -0.2) is 0 Å². The summed E-state index contributed by atoms with van der Waals surface area (Å²) < 4.78 is 5.04. The standard InChI is InChI=1S/C24H30N4O5/c1-17-10-13-27(14-11-17)22-9-6-19(16-21(22)24(30)25-12-3-15-33-2)26-23(29)18-4-7-20(8-5-18)28(31)32/h4-9,16-17H,3,10-15H2,1-2H3,(H,25,30)(H,26,29). The maximum absolute atomic E-state index is 13.0. The number of nitrogens with zero attached hydrogens (tertiary/aromatic N) is 2. The average Bonchev–Trinajstić information content (AvgIpc) is 2.82. The third-order valence-corrected chi connectivity index (χ3v) is 5.77. The number of nitro benzene ring substituents is 1. The number of carbonyl (C=O) groups excluding carboxylic acids is 2. The number of piperidine rings is 1. The SMILES string of the molecule is COCCCNC(=O)c1cc(NC(=O)c2ccc([N+](=O)[O-])cc2)ccc1N1CCC(C)CC1. The number of nitro groups is 1. The molecule has 0 unspecified atom stereocenters. The molecule has 0 saturated carbocycles. The quantitative estimate of drug-likeness (QED) is 0.338. The second-order valence-corrected chi connectivity index (χ2v) is 8.26. The fourth-order valence-corrected chi connectivity index (χ4v) is 3.77. The molecule has 1 saturated heterocycles. The number of anilines is 2. The zero-order chi connectivity index (χ0) is 23.8. The van der Waals surface area contributed by atoms with Gasteiger partial charge in [-0.05, 0) is 55.5 Å². The first-order valence-electron chi connectivity index (χ1n) is 11.1. The zero-order valence-corrected chi connectivity index (χ0v) is 19.0. The number of benzene rings is 2. The predicted molar refractivity (Wildman–Crippen MR) is 127 cm³/mol. The Kier molecular flexibility index (Phi) is 8.37. The normalized spacial score (nSPS) is 14.1. The summed E-state index contributed by atoms with van der Waals surface area (Å²) in [6.07, 6.45) is 2.83. The average molecular weight is 455 g/mol. The van der Waals surface area contributed by atoms with E-state index >= 15 is 0 Å². The van der Waals surface area contributed by atoms with Crippen molar-refractivity contribution in [3.63, 3.8) is 0 Å². The second kappa shape index (κ2) is 11.4. The molecular formula is C24H30N4O5. The summed E-state index contributed by atoms with van der Waals surface area (Å²) in [5, 5.41) is 16.5. The summed E-state index contributed by atoms with van der Waals surface area (Å²) in [7, 11) is 1.62. The lowest BCUT2D eigenvalue weighted by Crippen LogP contribution is -2.35. The van der Waals surface area contributed by atoms with Gasteiger partial charge in [0.05, 0.1) is 10.5 Å². The number of hydrogen-bond acceptors (Lipinski definition) is 6. The Morgan fingerprint density at radius 1 is 1.12 bits per heavy atom. The minimum atomic E-state index is -0.515.